The summed E-state index contributed by atoms with van der Waals surface area (Å²) in [5, 5.41) is 19.0. The molecule has 2 nitrogen and oxygen atoms in total. The van der Waals surface area contributed by atoms with E-state index in [1.54, 1.807) is 0 Å². The number of unbranched alkanes of at least 4 members (excludes halogenated alkanes) is 27. The molecule has 0 aromatic heterocycles. The summed E-state index contributed by atoms with van der Waals surface area (Å²) in [6.07, 6.45) is 41.7. The quantitative estimate of drug-likeness (QED) is 0.0883. The van der Waals surface area contributed by atoms with Gasteiger partial charge in [0.15, 0.2) is 0 Å². The molecule has 1 atom stereocenters. The van der Waals surface area contributed by atoms with Crippen molar-refractivity contribution >= 4 is 0 Å². The highest BCUT2D eigenvalue weighted by atomic mass is 16.3. The van der Waals surface area contributed by atoms with Crippen molar-refractivity contribution in [1.82, 2.24) is 0 Å². The lowest BCUT2D eigenvalue weighted by atomic mass is 10.0. The molecule has 0 saturated heterocycles. The fraction of sp³-hybridized carbons (Fsp3) is 1.00. The Labute approximate surface area is 228 Å². The first-order valence-electron chi connectivity index (χ1n) is 17.1. The number of aliphatic hydroxyl groups excluding tert-OH is 2. The molecule has 1 unspecified atom stereocenters. The Kier molecular flexibility index (Phi) is 32.9. The summed E-state index contributed by atoms with van der Waals surface area (Å²) in [7, 11) is 0. The zero-order valence-electron chi connectivity index (χ0n) is 25.1. The highest BCUT2D eigenvalue weighted by molar-refractivity contribution is 4.58. The second kappa shape index (κ2) is 32.9. The van der Waals surface area contributed by atoms with E-state index >= 15 is 0 Å². The van der Waals surface area contributed by atoms with Crippen molar-refractivity contribution in [2.24, 2.45) is 0 Å². The van der Waals surface area contributed by atoms with E-state index in [1.807, 2.05) is 0 Å². The predicted octanol–water partition coefficient (Wildman–Crippen LogP) is 11.5. The summed E-state index contributed by atoms with van der Waals surface area (Å²) in [5.74, 6) is 0. The molecular formula is C34H70O2. The molecule has 0 saturated carbocycles. The topological polar surface area (TPSA) is 40.5 Å². The lowest BCUT2D eigenvalue weighted by Gasteiger charge is -2.10. The Balaban J connectivity index is 3.13. The number of rotatable bonds is 32. The molecule has 2 N–H and O–H groups in total. The van der Waals surface area contributed by atoms with Crippen LogP contribution in [-0.4, -0.2) is 22.9 Å². The second-order valence-electron chi connectivity index (χ2n) is 11.9. The number of hydrogen-bond acceptors (Lipinski definition) is 2. The van der Waals surface area contributed by atoms with E-state index in [0.29, 0.717) is 6.61 Å². The monoisotopic (exact) mass is 511 g/mol. The Morgan fingerprint density at radius 1 is 0.333 bits per heavy atom. The van der Waals surface area contributed by atoms with E-state index in [-0.39, 0.29) is 6.10 Å². The van der Waals surface area contributed by atoms with Crippen molar-refractivity contribution in [1.29, 1.82) is 0 Å². The van der Waals surface area contributed by atoms with Gasteiger partial charge in [-0.1, -0.05) is 187 Å². The zero-order chi connectivity index (χ0) is 26.2. The van der Waals surface area contributed by atoms with Gasteiger partial charge in [-0.2, -0.15) is 0 Å². The maximum Gasteiger partial charge on any atom is 0.0540 e. The summed E-state index contributed by atoms with van der Waals surface area (Å²) < 4.78 is 0. The lowest BCUT2D eigenvalue weighted by molar-refractivity contribution is 0.147. The fourth-order valence-electron chi connectivity index (χ4n) is 5.51. The summed E-state index contributed by atoms with van der Waals surface area (Å²) in [6.45, 7) is 2.66. The first-order chi connectivity index (χ1) is 17.8. The minimum absolute atomic E-state index is 0.0457. The van der Waals surface area contributed by atoms with Crippen molar-refractivity contribution in [2.45, 2.75) is 212 Å². The molecule has 2 heteroatoms. The number of hydrogen-bond donors (Lipinski definition) is 2. The summed E-state index contributed by atoms with van der Waals surface area (Å²) in [5.41, 5.74) is 0. The van der Waals surface area contributed by atoms with Gasteiger partial charge in [-0.25, -0.2) is 0 Å². The van der Waals surface area contributed by atoms with Gasteiger partial charge < -0.3 is 10.2 Å². The van der Waals surface area contributed by atoms with Crippen LogP contribution in [0.3, 0.4) is 0 Å². The SMILES string of the molecule is CCCCCCCCCCCCCCCCCC(O)CCCCCCCCCCCCCCCCO. The van der Waals surface area contributed by atoms with Gasteiger partial charge in [0.2, 0.25) is 0 Å². The molecule has 0 aromatic carbocycles. The van der Waals surface area contributed by atoms with Crippen LogP contribution >= 0.6 is 0 Å². The summed E-state index contributed by atoms with van der Waals surface area (Å²) in [6, 6.07) is 0. The van der Waals surface area contributed by atoms with Gasteiger partial charge in [-0.05, 0) is 19.3 Å². The van der Waals surface area contributed by atoms with Crippen LogP contribution in [0.15, 0.2) is 0 Å². The van der Waals surface area contributed by atoms with Crippen molar-refractivity contribution in [3.8, 4) is 0 Å². The molecule has 0 bridgehead atoms. The summed E-state index contributed by atoms with van der Waals surface area (Å²) in [4.78, 5) is 0. The van der Waals surface area contributed by atoms with Gasteiger partial charge in [-0.3, -0.25) is 0 Å². The largest absolute Gasteiger partial charge is 0.396 e. The van der Waals surface area contributed by atoms with Crippen LogP contribution in [0, 0.1) is 0 Å². The normalized spacial score (nSPS) is 12.4. The minimum Gasteiger partial charge on any atom is -0.396 e. The molecule has 218 valence electrons. The van der Waals surface area contributed by atoms with Crippen LogP contribution in [0.25, 0.3) is 0 Å². The average molecular weight is 511 g/mol. The third-order valence-corrected chi connectivity index (χ3v) is 8.09. The van der Waals surface area contributed by atoms with Gasteiger partial charge in [0.1, 0.15) is 0 Å². The Morgan fingerprint density at radius 3 is 0.806 bits per heavy atom. The van der Waals surface area contributed by atoms with E-state index in [4.69, 9.17) is 5.11 Å². The van der Waals surface area contributed by atoms with Crippen molar-refractivity contribution < 1.29 is 10.2 Å². The highest BCUT2D eigenvalue weighted by Crippen LogP contribution is 2.17. The van der Waals surface area contributed by atoms with Gasteiger partial charge in [-0.15, -0.1) is 0 Å². The van der Waals surface area contributed by atoms with E-state index in [1.165, 1.54) is 180 Å². The lowest BCUT2D eigenvalue weighted by Crippen LogP contribution is -2.05. The maximum absolute atomic E-state index is 10.2. The molecule has 0 spiro atoms. The van der Waals surface area contributed by atoms with E-state index < -0.39 is 0 Å². The van der Waals surface area contributed by atoms with Crippen LogP contribution < -0.4 is 0 Å². The molecule has 0 aromatic rings. The molecule has 0 heterocycles. The average Bonchev–Trinajstić information content (AvgIpc) is 2.88. The second-order valence-corrected chi connectivity index (χ2v) is 11.9. The van der Waals surface area contributed by atoms with E-state index in [0.717, 1.165) is 19.3 Å². The Hall–Kier alpha value is -0.0800. The van der Waals surface area contributed by atoms with Gasteiger partial charge >= 0.3 is 0 Å². The third-order valence-electron chi connectivity index (χ3n) is 8.09. The Bertz CT molecular complexity index is 336. The molecule has 0 aliphatic rings. The maximum atomic E-state index is 10.2. The van der Waals surface area contributed by atoms with Crippen LogP contribution in [0.5, 0.6) is 0 Å². The fourth-order valence-corrected chi connectivity index (χ4v) is 5.51. The molecule has 0 aliphatic heterocycles. The van der Waals surface area contributed by atoms with Crippen molar-refractivity contribution in [2.75, 3.05) is 6.61 Å². The molecule has 0 aliphatic carbocycles. The predicted molar refractivity (Wildman–Crippen MR) is 162 cm³/mol. The molecule has 0 fully saturated rings. The van der Waals surface area contributed by atoms with Gasteiger partial charge in [0.25, 0.3) is 0 Å². The molecule has 36 heavy (non-hydrogen) atoms. The minimum atomic E-state index is -0.0457. The molecule has 0 amide bonds. The number of aliphatic hydroxyl groups is 2. The van der Waals surface area contributed by atoms with Crippen molar-refractivity contribution in [3.63, 3.8) is 0 Å². The summed E-state index contributed by atoms with van der Waals surface area (Å²) >= 11 is 0. The van der Waals surface area contributed by atoms with Gasteiger partial charge in [0, 0.05) is 6.61 Å². The standard InChI is InChI=1S/C34H70O2/c1-2-3-4-5-6-7-8-9-10-13-16-19-22-25-28-31-34(36)32-29-26-23-20-17-14-11-12-15-18-21-24-27-30-33-35/h34-36H,2-33H2,1H3. The van der Waals surface area contributed by atoms with Crippen LogP contribution in [0.1, 0.15) is 206 Å². The third kappa shape index (κ3) is 31.9. The van der Waals surface area contributed by atoms with Crippen molar-refractivity contribution in [3.05, 3.63) is 0 Å². The van der Waals surface area contributed by atoms with E-state index in [9.17, 15) is 5.11 Å². The highest BCUT2D eigenvalue weighted by Gasteiger charge is 2.04. The first-order valence-corrected chi connectivity index (χ1v) is 17.1. The Morgan fingerprint density at radius 2 is 0.556 bits per heavy atom. The van der Waals surface area contributed by atoms with Crippen LogP contribution in [0.2, 0.25) is 0 Å². The van der Waals surface area contributed by atoms with E-state index in [2.05, 4.69) is 6.92 Å². The zero-order valence-corrected chi connectivity index (χ0v) is 25.1. The van der Waals surface area contributed by atoms with Crippen LogP contribution in [0.4, 0.5) is 0 Å². The van der Waals surface area contributed by atoms with Gasteiger partial charge in [0.05, 0.1) is 6.10 Å². The molecular weight excluding hydrogens is 440 g/mol. The first kappa shape index (κ1) is 35.9. The molecule has 0 rings (SSSR count). The molecule has 0 radical (unpaired) electrons. The smallest absolute Gasteiger partial charge is 0.0540 e. The van der Waals surface area contributed by atoms with Crippen LogP contribution in [-0.2, 0) is 0 Å².